The van der Waals surface area contributed by atoms with E-state index in [0.717, 1.165) is 5.56 Å². The highest BCUT2D eigenvalue weighted by Crippen LogP contribution is 2.31. The predicted octanol–water partition coefficient (Wildman–Crippen LogP) is 2.53. The van der Waals surface area contributed by atoms with Crippen LogP contribution in [0.5, 0.6) is 0 Å². The molecule has 1 saturated heterocycles. The molecule has 0 spiro atoms. The fourth-order valence-electron chi connectivity index (χ4n) is 2.50. The molecular weight excluding hydrogens is 276 g/mol. The molecule has 1 atom stereocenters. The summed E-state index contributed by atoms with van der Waals surface area (Å²) < 4.78 is 0. The number of rotatable bonds is 3. The monoisotopic (exact) mass is 294 g/mol. The van der Waals surface area contributed by atoms with Crippen LogP contribution in [0.4, 0.5) is 5.69 Å². The van der Waals surface area contributed by atoms with E-state index in [1.807, 2.05) is 32.9 Å². The first-order valence-corrected chi connectivity index (χ1v) is 7.13. The van der Waals surface area contributed by atoms with Gasteiger partial charge in [-0.2, -0.15) is 0 Å². The third-order valence-electron chi connectivity index (χ3n) is 3.37. The average Bonchev–Trinajstić information content (AvgIpc) is 2.33. The lowest BCUT2D eigenvalue weighted by Crippen LogP contribution is -2.58. The van der Waals surface area contributed by atoms with Crippen molar-refractivity contribution in [1.29, 1.82) is 0 Å². The number of para-hydroxylation sites is 1. The summed E-state index contributed by atoms with van der Waals surface area (Å²) >= 11 is 6.20. The summed E-state index contributed by atoms with van der Waals surface area (Å²) in [5.74, 6) is 0.0978. The Hall–Kier alpha value is -1.55. The standard InChI is InChI=1S/C15H19ClN2O2/c1-9(2)7-12-15(20)18(8-13(19)17-12)14-10(3)5-4-6-11(14)16/h4-6,9,12H,7-8H2,1-3H3,(H,17,19). The second-order valence-electron chi connectivity index (χ2n) is 5.58. The number of nitrogens with one attached hydrogen (secondary N) is 1. The molecular formula is C15H19ClN2O2. The van der Waals surface area contributed by atoms with Gasteiger partial charge in [-0.3, -0.25) is 14.5 Å². The lowest BCUT2D eigenvalue weighted by molar-refractivity contribution is -0.131. The van der Waals surface area contributed by atoms with Crippen molar-refractivity contribution in [1.82, 2.24) is 5.32 Å². The van der Waals surface area contributed by atoms with E-state index in [1.54, 1.807) is 6.07 Å². The quantitative estimate of drug-likeness (QED) is 0.931. The predicted molar refractivity (Wildman–Crippen MR) is 79.9 cm³/mol. The van der Waals surface area contributed by atoms with Gasteiger partial charge in [0, 0.05) is 0 Å². The molecule has 1 unspecified atom stereocenters. The smallest absolute Gasteiger partial charge is 0.250 e. The van der Waals surface area contributed by atoms with Crippen molar-refractivity contribution in [3.05, 3.63) is 28.8 Å². The Labute approximate surface area is 124 Å². The Bertz CT molecular complexity index is 522. The number of halogens is 1. The van der Waals surface area contributed by atoms with Crippen molar-refractivity contribution in [2.45, 2.75) is 33.2 Å². The van der Waals surface area contributed by atoms with Crippen molar-refractivity contribution in [2.24, 2.45) is 5.92 Å². The second kappa shape index (κ2) is 5.83. The number of nitrogens with zero attached hydrogens (tertiary/aromatic N) is 1. The zero-order valence-electron chi connectivity index (χ0n) is 11.9. The number of hydrogen-bond acceptors (Lipinski definition) is 2. The molecule has 0 bridgehead atoms. The minimum Gasteiger partial charge on any atom is -0.343 e. The molecule has 4 nitrogen and oxygen atoms in total. The molecule has 1 heterocycles. The van der Waals surface area contributed by atoms with Crippen LogP contribution >= 0.6 is 11.6 Å². The summed E-state index contributed by atoms with van der Waals surface area (Å²) in [5.41, 5.74) is 1.53. The summed E-state index contributed by atoms with van der Waals surface area (Å²) in [6, 6.07) is 4.99. The van der Waals surface area contributed by atoms with E-state index in [0.29, 0.717) is 23.0 Å². The van der Waals surface area contributed by atoms with Gasteiger partial charge in [-0.05, 0) is 30.9 Å². The zero-order valence-corrected chi connectivity index (χ0v) is 12.7. The van der Waals surface area contributed by atoms with Crippen LogP contribution in [0.2, 0.25) is 5.02 Å². The van der Waals surface area contributed by atoms with Gasteiger partial charge in [0.1, 0.15) is 12.6 Å². The molecule has 1 fully saturated rings. The molecule has 5 heteroatoms. The maximum Gasteiger partial charge on any atom is 0.250 e. The third kappa shape index (κ3) is 2.96. The Balaban J connectivity index is 2.35. The lowest BCUT2D eigenvalue weighted by Gasteiger charge is -2.34. The summed E-state index contributed by atoms with van der Waals surface area (Å²) in [7, 11) is 0. The normalized spacial score (nSPS) is 19.4. The molecule has 2 rings (SSSR count). The molecule has 1 aliphatic rings. The molecule has 20 heavy (non-hydrogen) atoms. The minimum absolute atomic E-state index is 0.0258. The molecule has 0 aromatic heterocycles. The number of benzene rings is 1. The first-order chi connectivity index (χ1) is 9.40. The average molecular weight is 295 g/mol. The van der Waals surface area contributed by atoms with Gasteiger partial charge in [-0.1, -0.05) is 37.6 Å². The number of anilines is 1. The highest BCUT2D eigenvalue weighted by Gasteiger charge is 2.35. The summed E-state index contributed by atoms with van der Waals surface area (Å²) in [6.07, 6.45) is 0.630. The molecule has 1 aromatic carbocycles. The van der Waals surface area contributed by atoms with E-state index >= 15 is 0 Å². The Kier molecular flexibility index (Phi) is 4.33. The van der Waals surface area contributed by atoms with Crippen LogP contribution in [-0.4, -0.2) is 24.4 Å². The molecule has 0 saturated carbocycles. The van der Waals surface area contributed by atoms with Gasteiger partial charge in [-0.25, -0.2) is 0 Å². The largest absolute Gasteiger partial charge is 0.343 e. The lowest BCUT2D eigenvalue weighted by atomic mass is 10.00. The maximum absolute atomic E-state index is 12.6. The number of aryl methyl sites for hydroxylation is 1. The summed E-state index contributed by atoms with van der Waals surface area (Å²) in [5, 5.41) is 3.26. The molecule has 1 N–H and O–H groups in total. The highest BCUT2D eigenvalue weighted by molar-refractivity contribution is 6.34. The van der Waals surface area contributed by atoms with Gasteiger partial charge in [0.25, 0.3) is 0 Å². The van der Waals surface area contributed by atoms with Crippen molar-refractivity contribution >= 4 is 29.1 Å². The van der Waals surface area contributed by atoms with Crippen LogP contribution in [0, 0.1) is 12.8 Å². The Morgan fingerprint density at radius 1 is 1.40 bits per heavy atom. The molecule has 2 amide bonds. The Morgan fingerprint density at radius 3 is 2.70 bits per heavy atom. The van der Waals surface area contributed by atoms with E-state index in [-0.39, 0.29) is 18.4 Å². The number of amides is 2. The molecule has 0 radical (unpaired) electrons. The number of hydrogen-bond donors (Lipinski definition) is 1. The highest BCUT2D eigenvalue weighted by atomic mass is 35.5. The van der Waals surface area contributed by atoms with Crippen LogP contribution < -0.4 is 10.2 Å². The first kappa shape index (κ1) is 14.9. The third-order valence-corrected chi connectivity index (χ3v) is 3.67. The number of carbonyl (C=O) groups excluding carboxylic acids is 2. The van der Waals surface area contributed by atoms with Crippen molar-refractivity contribution in [3.63, 3.8) is 0 Å². The summed E-state index contributed by atoms with van der Waals surface area (Å²) in [6.45, 7) is 5.97. The maximum atomic E-state index is 12.6. The topological polar surface area (TPSA) is 49.4 Å². The van der Waals surface area contributed by atoms with Crippen molar-refractivity contribution in [3.8, 4) is 0 Å². The Morgan fingerprint density at radius 2 is 2.10 bits per heavy atom. The molecule has 1 aliphatic heterocycles. The van der Waals surface area contributed by atoms with Gasteiger partial charge in [0.15, 0.2) is 0 Å². The minimum atomic E-state index is -0.466. The van der Waals surface area contributed by atoms with Gasteiger partial charge in [-0.15, -0.1) is 0 Å². The SMILES string of the molecule is Cc1cccc(Cl)c1N1CC(=O)NC(CC(C)C)C1=O. The fourth-order valence-corrected chi connectivity index (χ4v) is 2.82. The van der Waals surface area contributed by atoms with Gasteiger partial charge < -0.3 is 5.32 Å². The molecule has 108 valence electrons. The van der Waals surface area contributed by atoms with E-state index in [4.69, 9.17) is 11.6 Å². The van der Waals surface area contributed by atoms with Gasteiger partial charge in [0.2, 0.25) is 11.8 Å². The van der Waals surface area contributed by atoms with E-state index in [1.165, 1.54) is 4.90 Å². The number of carbonyl (C=O) groups is 2. The van der Waals surface area contributed by atoms with E-state index in [9.17, 15) is 9.59 Å². The molecule has 1 aromatic rings. The molecule has 0 aliphatic carbocycles. The van der Waals surface area contributed by atoms with Crippen LogP contribution in [0.25, 0.3) is 0 Å². The van der Waals surface area contributed by atoms with Crippen LogP contribution in [-0.2, 0) is 9.59 Å². The zero-order chi connectivity index (χ0) is 14.9. The fraction of sp³-hybridized carbons (Fsp3) is 0.467. The van der Waals surface area contributed by atoms with Crippen molar-refractivity contribution < 1.29 is 9.59 Å². The van der Waals surface area contributed by atoms with Crippen molar-refractivity contribution in [2.75, 3.05) is 11.4 Å². The van der Waals surface area contributed by atoms with Gasteiger partial charge >= 0.3 is 0 Å². The number of piperazine rings is 1. The van der Waals surface area contributed by atoms with E-state index < -0.39 is 6.04 Å². The summed E-state index contributed by atoms with van der Waals surface area (Å²) in [4.78, 5) is 25.9. The van der Waals surface area contributed by atoms with Crippen LogP contribution in [0.1, 0.15) is 25.8 Å². The van der Waals surface area contributed by atoms with Crippen LogP contribution in [0.3, 0.4) is 0 Å². The van der Waals surface area contributed by atoms with Gasteiger partial charge in [0.05, 0.1) is 10.7 Å². The van der Waals surface area contributed by atoms with E-state index in [2.05, 4.69) is 5.32 Å². The first-order valence-electron chi connectivity index (χ1n) is 6.76. The van der Waals surface area contributed by atoms with Crippen LogP contribution in [0.15, 0.2) is 18.2 Å². The second-order valence-corrected chi connectivity index (χ2v) is 5.99.